The summed E-state index contributed by atoms with van der Waals surface area (Å²) in [5.74, 6) is -0.169. The zero-order chi connectivity index (χ0) is 13.3. The molecule has 94 valence electrons. The fraction of sp³-hybridized carbons (Fsp3) is 0.308. The predicted octanol–water partition coefficient (Wildman–Crippen LogP) is 2.49. The van der Waals surface area contributed by atoms with E-state index in [2.05, 4.69) is 10.3 Å². The summed E-state index contributed by atoms with van der Waals surface area (Å²) in [4.78, 5) is 12.2. The van der Waals surface area contributed by atoms with Gasteiger partial charge in [0.1, 0.15) is 5.71 Å². The van der Waals surface area contributed by atoms with Gasteiger partial charge in [0.15, 0.2) is 0 Å². The van der Waals surface area contributed by atoms with E-state index in [-0.39, 0.29) is 17.4 Å². The molecule has 5 heteroatoms. The Hall–Kier alpha value is -2.17. The van der Waals surface area contributed by atoms with Crippen molar-refractivity contribution in [2.24, 2.45) is 5.16 Å². The van der Waals surface area contributed by atoms with Crippen LogP contribution in [0.25, 0.3) is 5.52 Å². The van der Waals surface area contributed by atoms with Crippen LogP contribution in [-0.4, -0.2) is 26.3 Å². The van der Waals surface area contributed by atoms with Crippen molar-refractivity contribution < 1.29 is 10.0 Å². The van der Waals surface area contributed by atoms with Crippen molar-refractivity contribution in [2.75, 3.05) is 0 Å². The second-order valence-electron chi connectivity index (χ2n) is 4.46. The van der Waals surface area contributed by atoms with Gasteiger partial charge in [-0.15, -0.1) is 0 Å². The number of Topliss-reactive ketones (excluding diaryl/α,β-unsaturated/α-hetero) is 1. The van der Waals surface area contributed by atoms with Gasteiger partial charge in [0.25, 0.3) is 0 Å². The van der Waals surface area contributed by atoms with Crippen molar-refractivity contribution in [1.29, 1.82) is 0 Å². The summed E-state index contributed by atoms with van der Waals surface area (Å²) in [5.41, 5.74) is 2.03. The monoisotopic (exact) mass is 245 g/mol. The van der Waals surface area contributed by atoms with Crippen LogP contribution in [0.15, 0.2) is 29.6 Å². The number of aromatic nitrogens is 2. The molecule has 1 N–H and O–H groups in total. The first-order valence-electron chi connectivity index (χ1n) is 5.77. The molecule has 2 heterocycles. The number of hydrogen-bond acceptors (Lipinski definition) is 4. The highest BCUT2D eigenvalue weighted by molar-refractivity contribution is 6.46. The van der Waals surface area contributed by atoms with Crippen LogP contribution in [0.1, 0.15) is 42.7 Å². The van der Waals surface area contributed by atoms with Crippen molar-refractivity contribution in [1.82, 2.24) is 9.61 Å². The standard InChI is InChI=1S/C13H15N3O2/c1-8(2)12-11(13(17)9(3)15-18)10-6-4-5-7-16(10)14-12/h4-8,18H,1-3H3. The number of carbonyl (C=O) groups is 1. The Morgan fingerprint density at radius 2 is 2.17 bits per heavy atom. The minimum Gasteiger partial charge on any atom is -0.411 e. The van der Waals surface area contributed by atoms with Gasteiger partial charge in [0, 0.05) is 6.20 Å². The second-order valence-corrected chi connectivity index (χ2v) is 4.46. The molecular weight excluding hydrogens is 230 g/mol. The molecule has 0 bridgehead atoms. The van der Waals surface area contributed by atoms with Crippen molar-refractivity contribution in [3.63, 3.8) is 0 Å². The SMILES string of the molecule is CC(=NO)C(=O)c1c(C(C)C)nn2ccccc12. The average molecular weight is 245 g/mol. The van der Waals surface area contributed by atoms with E-state index in [9.17, 15) is 4.79 Å². The normalized spacial score (nSPS) is 12.3. The Morgan fingerprint density at radius 1 is 1.44 bits per heavy atom. The maximum absolute atomic E-state index is 12.2. The smallest absolute Gasteiger partial charge is 0.214 e. The van der Waals surface area contributed by atoms with Crippen molar-refractivity contribution in [2.45, 2.75) is 26.7 Å². The maximum Gasteiger partial charge on any atom is 0.214 e. The molecule has 0 spiro atoms. The Bertz CT molecular complexity index is 626. The van der Waals surface area contributed by atoms with Crippen molar-refractivity contribution in [3.8, 4) is 0 Å². The van der Waals surface area contributed by atoms with Crippen molar-refractivity contribution in [3.05, 3.63) is 35.7 Å². The number of pyridine rings is 1. The summed E-state index contributed by atoms with van der Waals surface area (Å²) in [7, 11) is 0. The highest BCUT2D eigenvalue weighted by Crippen LogP contribution is 2.23. The number of hydrogen-bond donors (Lipinski definition) is 1. The first kappa shape index (κ1) is 12.3. The van der Waals surface area contributed by atoms with Gasteiger partial charge in [-0.25, -0.2) is 4.52 Å². The van der Waals surface area contributed by atoms with E-state index in [0.29, 0.717) is 11.3 Å². The molecule has 0 fully saturated rings. The van der Waals surface area contributed by atoms with Gasteiger partial charge < -0.3 is 5.21 Å². The van der Waals surface area contributed by atoms with Crippen LogP contribution in [-0.2, 0) is 0 Å². The Kier molecular flexibility index (Phi) is 3.14. The lowest BCUT2D eigenvalue weighted by Gasteiger charge is -2.03. The van der Waals surface area contributed by atoms with Crippen LogP contribution in [0.4, 0.5) is 0 Å². The van der Waals surface area contributed by atoms with E-state index in [4.69, 9.17) is 5.21 Å². The number of carbonyl (C=O) groups excluding carboxylic acids is 1. The Labute approximate surface area is 105 Å². The van der Waals surface area contributed by atoms with Crippen LogP contribution in [0.5, 0.6) is 0 Å². The summed E-state index contributed by atoms with van der Waals surface area (Å²) in [6.07, 6.45) is 1.80. The number of nitrogens with zero attached hydrogens (tertiary/aromatic N) is 3. The fourth-order valence-electron chi connectivity index (χ4n) is 1.88. The van der Waals surface area contributed by atoms with E-state index in [1.165, 1.54) is 6.92 Å². The predicted molar refractivity (Wildman–Crippen MR) is 68.5 cm³/mol. The molecular formula is C13H15N3O2. The van der Waals surface area contributed by atoms with E-state index in [1.54, 1.807) is 10.7 Å². The first-order chi connectivity index (χ1) is 8.56. The minimum atomic E-state index is -0.289. The fourth-order valence-corrected chi connectivity index (χ4v) is 1.88. The molecule has 0 aliphatic rings. The topological polar surface area (TPSA) is 67.0 Å². The van der Waals surface area contributed by atoms with Gasteiger partial charge in [-0.3, -0.25) is 4.79 Å². The van der Waals surface area contributed by atoms with Crippen LogP contribution in [0.3, 0.4) is 0 Å². The van der Waals surface area contributed by atoms with E-state index in [0.717, 1.165) is 5.52 Å². The summed E-state index contributed by atoms with van der Waals surface area (Å²) in [6, 6.07) is 5.53. The molecule has 0 atom stereocenters. The van der Waals surface area contributed by atoms with Gasteiger partial charge in [0.05, 0.1) is 16.8 Å². The lowest BCUT2D eigenvalue weighted by Crippen LogP contribution is -2.13. The Morgan fingerprint density at radius 3 is 2.78 bits per heavy atom. The molecule has 0 saturated heterocycles. The van der Waals surface area contributed by atoms with Gasteiger partial charge >= 0.3 is 0 Å². The highest BCUT2D eigenvalue weighted by atomic mass is 16.4. The van der Waals surface area contributed by atoms with E-state index >= 15 is 0 Å². The molecule has 5 nitrogen and oxygen atoms in total. The molecule has 0 unspecified atom stereocenters. The van der Waals surface area contributed by atoms with E-state index in [1.807, 2.05) is 32.0 Å². The number of ketones is 1. The molecule has 18 heavy (non-hydrogen) atoms. The van der Waals surface area contributed by atoms with Gasteiger partial charge in [0.2, 0.25) is 5.78 Å². The lowest BCUT2D eigenvalue weighted by atomic mass is 9.99. The molecule has 0 aliphatic heterocycles. The third-order valence-corrected chi connectivity index (χ3v) is 2.82. The lowest BCUT2D eigenvalue weighted by molar-refractivity contribution is 0.106. The van der Waals surface area contributed by atoms with Gasteiger partial charge in [-0.2, -0.15) is 5.10 Å². The summed E-state index contributed by atoms with van der Waals surface area (Å²) in [5, 5.41) is 16.1. The summed E-state index contributed by atoms with van der Waals surface area (Å²) in [6.45, 7) is 5.44. The minimum absolute atomic E-state index is 0.0654. The molecule has 2 rings (SSSR count). The molecule has 2 aromatic heterocycles. The molecule has 0 amide bonds. The number of rotatable bonds is 3. The molecule has 0 radical (unpaired) electrons. The summed E-state index contributed by atoms with van der Waals surface area (Å²) >= 11 is 0. The largest absolute Gasteiger partial charge is 0.411 e. The molecule has 0 saturated carbocycles. The first-order valence-corrected chi connectivity index (χ1v) is 5.77. The zero-order valence-corrected chi connectivity index (χ0v) is 10.6. The van der Waals surface area contributed by atoms with Crippen LogP contribution >= 0.6 is 0 Å². The van der Waals surface area contributed by atoms with E-state index < -0.39 is 0 Å². The Balaban J connectivity index is 2.73. The quantitative estimate of drug-likeness (QED) is 0.391. The highest BCUT2D eigenvalue weighted by Gasteiger charge is 2.23. The molecule has 2 aromatic rings. The van der Waals surface area contributed by atoms with Gasteiger partial charge in [-0.05, 0) is 25.0 Å². The van der Waals surface area contributed by atoms with Crippen LogP contribution in [0, 0.1) is 0 Å². The number of fused-ring (bicyclic) bond motifs is 1. The number of oxime groups is 1. The zero-order valence-electron chi connectivity index (χ0n) is 10.6. The second kappa shape index (κ2) is 4.60. The third-order valence-electron chi connectivity index (χ3n) is 2.82. The van der Waals surface area contributed by atoms with Crippen LogP contribution in [0.2, 0.25) is 0 Å². The third kappa shape index (κ3) is 1.88. The maximum atomic E-state index is 12.2. The van der Waals surface area contributed by atoms with Crippen molar-refractivity contribution >= 4 is 17.0 Å². The summed E-state index contributed by atoms with van der Waals surface area (Å²) < 4.78 is 1.67. The van der Waals surface area contributed by atoms with Crippen LogP contribution < -0.4 is 0 Å². The molecule has 0 aliphatic carbocycles. The molecule has 0 aromatic carbocycles. The van der Waals surface area contributed by atoms with Gasteiger partial charge in [-0.1, -0.05) is 25.1 Å². The average Bonchev–Trinajstić information content (AvgIpc) is 2.76.